The summed E-state index contributed by atoms with van der Waals surface area (Å²) in [5, 5.41) is 3.50. The topological polar surface area (TPSA) is 66.5 Å². The second kappa shape index (κ2) is 8.52. The van der Waals surface area contributed by atoms with Crippen LogP contribution in [0.25, 0.3) is 0 Å². The van der Waals surface area contributed by atoms with Crippen molar-refractivity contribution in [3.8, 4) is 0 Å². The van der Waals surface area contributed by atoms with Gasteiger partial charge in [-0.1, -0.05) is 30.2 Å². The molecule has 0 radical (unpaired) electrons. The minimum Gasteiger partial charge on any atom is -0.352 e. The Morgan fingerprint density at radius 1 is 1.08 bits per heavy atom. The highest BCUT2D eigenvalue weighted by atomic mass is 35.5. The highest BCUT2D eigenvalue weighted by Crippen LogP contribution is 2.27. The number of amides is 1. The van der Waals surface area contributed by atoms with Crippen LogP contribution < -0.4 is 5.32 Å². The molecule has 1 saturated heterocycles. The summed E-state index contributed by atoms with van der Waals surface area (Å²) in [5.74, 6) is -0.135. The smallest absolute Gasteiger partial charge is 0.252 e. The van der Waals surface area contributed by atoms with Crippen LogP contribution >= 0.6 is 22.9 Å². The van der Waals surface area contributed by atoms with Gasteiger partial charge in [0.25, 0.3) is 10.0 Å². The van der Waals surface area contributed by atoms with Crippen LogP contribution in [-0.4, -0.2) is 31.7 Å². The maximum absolute atomic E-state index is 12.6. The normalized spacial score (nSPS) is 15.7. The number of nitrogens with one attached hydrogen (secondary N) is 1. The molecule has 1 aliphatic rings. The van der Waals surface area contributed by atoms with Gasteiger partial charge < -0.3 is 5.32 Å². The summed E-state index contributed by atoms with van der Waals surface area (Å²) >= 11 is 7.02. The number of benzene rings is 1. The van der Waals surface area contributed by atoms with Gasteiger partial charge in [-0.15, -0.1) is 11.3 Å². The lowest BCUT2D eigenvalue weighted by Crippen LogP contribution is -2.35. The van der Waals surface area contributed by atoms with Crippen LogP contribution in [0.4, 0.5) is 0 Å². The molecule has 1 aromatic heterocycles. The molecule has 0 saturated carbocycles. The summed E-state index contributed by atoms with van der Waals surface area (Å²) in [7, 11) is -3.43. The predicted octanol–water partition coefficient (Wildman–Crippen LogP) is 3.44. The van der Waals surface area contributed by atoms with Crippen LogP contribution in [0.5, 0.6) is 0 Å². The molecule has 140 valence electrons. The summed E-state index contributed by atoms with van der Waals surface area (Å²) in [6.07, 6.45) is 3.07. The molecule has 2 aromatic rings. The number of hydrogen-bond acceptors (Lipinski definition) is 4. The molecule has 1 aliphatic heterocycles. The first kappa shape index (κ1) is 19.4. The lowest BCUT2D eigenvalue weighted by Gasteiger charge is -2.25. The molecule has 0 aliphatic carbocycles. The van der Waals surface area contributed by atoms with Crippen molar-refractivity contribution in [2.75, 3.05) is 13.1 Å². The summed E-state index contributed by atoms with van der Waals surface area (Å²) in [5.41, 5.74) is 0.960. The minimum absolute atomic E-state index is 0.135. The molecular formula is C18H21ClN2O3S2. The van der Waals surface area contributed by atoms with E-state index in [1.54, 1.807) is 28.6 Å². The van der Waals surface area contributed by atoms with Gasteiger partial charge in [-0.2, -0.15) is 4.31 Å². The van der Waals surface area contributed by atoms with Crippen molar-refractivity contribution in [1.82, 2.24) is 9.62 Å². The number of sulfonamides is 1. The summed E-state index contributed by atoms with van der Waals surface area (Å²) < 4.78 is 27.2. The van der Waals surface area contributed by atoms with Gasteiger partial charge in [-0.25, -0.2) is 8.42 Å². The lowest BCUT2D eigenvalue weighted by atomic mass is 10.2. The molecule has 2 heterocycles. The highest BCUT2D eigenvalue weighted by Gasteiger charge is 2.27. The first-order chi connectivity index (χ1) is 12.4. The third-order valence-electron chi connectivity index (χ3n) is 4.28. The number of piperidine rings is 1. The number of halogens is 1. The van der Waals surface area contributed by atoms with E-state index in [9.17, 15) is 13.2 Å². The van der Waals surface area contributed by atoms with Crippen LogP contribution in [0, 0.1) is 0 Å². The summed E-state index contributed by atoms with van der Waals surface area (Å²) in [4.78, 5) is 12.9. The van der Waals surface area contributed by atoms with Gasteiger partial charge >= 0.3 is 0 Å². The van der Waals surface area contributed by atoms with Crippen molar-refractivity contribution < 1.29 is 13.2 Å². The Kier molecular flexibility index (Phi) is 6.34. The van der Waals surface area contributed by atoms with E-state index in [1.807, 2.05) is 12.1 Å². The van der Waals surface area contributed by atoms with Gasteiger partial charge in [0.1, 0.15) is 4.21 Å². The van der Waals surface area contributed by atoms with Crippen LogP contribution in [0.2, 0.25) is 5.02 Å². The zero-order chi connectivity index (χ0) is 18.6. The Morgan fingerprint density at radius 2 is 1.77 bits per heavy atom. The number of carbonyl (C=O) groups excluding carboxylic acids is 1. The van der Waals surface area contributed by atoms with Crippen molar-refractivity contribution in [1.29, 1.82) is 0 Å². The quantitative estimate of drug-likeness (QED) is 0.790. The molecule has 0 atom stereocenters. The molecule has 5 nitrogen and oxygen atoms in total. The number of carbonyl (C=O) groups is 1. The van der Waals surface area contributed by atoms with Gasteiger partial charge in [0.15, 0.2) is 0 Å². The molecule has 1 amide bonds. The van der Waals surface area contributed by atoms with Crippen LogP contribution in [-0.2, 0) is 27.8 Å². The third kappa shape index (κ3) is 4.85. The van der Waals surface area contributed by atoms with E-state index >= 15 is 0 Å². The van der Waals surface area contributed by atoms with Gasteiger partial charge in [-0.05, 0) is 42.7 Å². The van der Waals surface area contributed by atoms with Crippen molar-refractivity contribution >= 4 is 38.9 Å². The average Bonchev–Trinajstić information content (AvgIpc) is 3.11. The maximum atomic E-state index is 12.6. The summed E-state index contributed by atoms with van der Waals surface area (Å²) in [6.45, 7) is 1.58. The average molecular weight is 413 g/mol. The first-order valence-corrected chi connectivity index (χ1v) is 11.2. The zero-order valence-corrected chi connectivity index (χ0v) is 16.7. The molecule has 1 aromatic carbocycles. The third-order valence-corrected chi connectivity index (χ3v) is 7.99. The van der Waals surface area contributed by atoms with Crippen molar-refractivity contribution in [3.63, 3.8) is 0 Å². The molecule has 3 rings (SSSR count). The van der Waals surface area contributed by atoms with E-state index in [2.05, 4.69) is 5.32 Å². The monoisotopic (exact) mass is 412 g/mol. The van der Waals surface area contributed by atoms with Gasteiger partial charge in [-0.3, -0.25) is 4.79 Å². The second-order valence-electron chi connectivity index (χ2n) is 6.27. The predicted molar refractivity (Wildman–Crippen MR) is 104 cm³/mol. The SMILES string of the molecule is O=C(Cc1ccc(S(=O)(=O)N2CCCCC2)s1)NCc1ccc(Cl)cc1. The van der Waals surface area contributed by atoms with E-state index < -0.39 is 10.0 Å². The minimum atomic E-state index is -3.43. The van der Waals surface area contributed by atoms with Crippen LogP contribution in [0.1, 0.15) is 29.7 Å². The number of thiophene rings is 1. The molecule has 0 bridgehead atoms. The fraction of sp³-hybridized carbons (Fsp3) is 0.389. The Labute approximate surface area is 163 Å². The molecule has 26 heavy (non-hydrogen) atoms. The molecule has 0 unspecified atom stereocenters. The lowest BCUT2D eigenvalue weighted by molar-refractivity contribution is -0.120. The molecule has 8 heteroatoms. The fourth-order valence-electron chi connectivity index (χ4n) is 2.85. The fourth-order valence-corrected chi connectivity index (χ4v) is 6.00. The number of rotatable bonds is 6. The number of nitrogens with zero attached hydrogens (tertiary/aromatic N) is 1. The van der Waals surface area contributed by atoms with Crippen LogP contribution in [0.15, 0.2) is 40.6 Å². The molecule has 1 N–H and O–H groups in total. The van der Waals surface area contributed by atoms with E-state index in [0.29, 0.717) is 28.9 Å². The van der Waals surface area contributed by atoms with E-state index in [-0.39, 0.29) is 12.3 Å². The molecule has 1 fully saturated rings. The Bertz CT molecular complexity index is 857. The molecular weight excluding hydrogens is 392 g/mol. The Morgan fingerprint density at radius 3 is 2.46 bits per heavy atom. The zero-order valence-electron chi connectivity index (χ0n) is 14.3. The highest BCUT2D eigenvalue weighted by molar-refractivity contribution is 7.91. The van der Waals surface area contributed by atoms with Crippen molar-refractivity contribution in [2.45, 2.75) is 36.4 Å². The van der Waals surface area contributed by atoms with Gasteiger partial charge in [0, 0.05) is 29.5 Å². The van der Waals surface area contributed by atoms with E-state index in [1.165, 1.54) is 11.3 Å². The van der Waals surface area contributed by atoms with Crippen molar-refractivity contribution in [2.24, 2.45) is 0 Å². The first-order valence-electron chi connectivity index (χ1n) is 8.55. The maximum Gasteiger partial charge on any atom is 0.252 e. The Balaban J connectivity index is 1.57. The standard InChI is InChI=1S/C18H21ClN2O3S2/c19-15-6-4-14(5-7-15)13-20-17(22)12-16-8-9-18(25-16)26(23,24)21-10-2-1-3-11-21/h4-9H,1-3,10-13H2,(H,20,22). The second-order valence-corrected chi connectivity index (χ2v) is 10.0. The van der Waals surface area contributed by atoms with Crippen LogP contribution in [0.3, 0.4) is 0 Å². The van der Waals surface area contributed by atoms with Gasteiger partial charge in [0.2, 0.25) is 5.91 Å². The van der Waals surface area contributed by atoms with E-state index in [4.69, 9.17) is 11.6 Å². The molecule has 0 spiro atoms. The largest absolute Gasteiger partial charge is 0.352 e. The Hall–Kier alpha value is -1.41. The number of hydrogen-bond donors (Lipinski definition) is 1. The summed E-state index contributed by atoms with van der Waals surface area (Å²) in [6, 6.07) is 10.6. The van der Waals surface area contributed by atoms with Gasteiger partial charge in [0.05, 0.1) is 6.42 Å². The van der Waals surface area contributed by atoms with Crippen molar-refractivity contribution in [3.05, 3.63) is 51.9 Å². The van der Waals surface area contributed by atoms with E-state index in [0.717, 1.165) is 29.7 Å².